The number of carbonyl (C=O) groups is 1. The summed E-state index contributed by atoms with van der Waals surface area (Å²) in [5, 5.41) is 2.73. The van der Waals surface area contributed by atoms with Crippen LogP contribution in [0.5, 0.6) is 5.75 Å². The molecule has 0 saturated heterocycles. The minimum absolute atomic E-state index is 0.0632. The maximum Gasteiger partial charge on any atom is 0.255 e. The van der Waals surface area contributed by atoms with Crippen LogP contribution in [-0.4, -0.2) is 39.3 Å². The van der Waals surface area contributed by atoms with E-state index in [9.17, 15) is 13.2 Å². The van der Waals surface area contributed by atoms with Gasteiger partial charge >= 0.3 is 0 Å². The van der Waals surface area contributed by atoms with Gasteiger partial charge in [-0.3, -0.25) is 4.79 Å². The van der Waals surface area contributed by atoms with Crippen molar-refractivity contribution in [1.82, 2.24) is 4.31 Å². The number of benzene rings is 2. The molecule has 0 unspecified atom stereocenters. The Morgan fingerprint density at radius 3 is 2.60 bits per heavy atom. The van der Waals surface area contributed by atoms with E-state index in [-0.39, 0.29) is 10.5 Å². The van der Waals surface area contributed by atoms with Crippen LogP contribution in [0.3, 0.4) is 0 Å². The molecule has 0 atom stereocenters. The molecule has 7 heteroatoms. The van der Waals surface area contributed by atoms with Crippen LogP contribution in [-0.2, 0) is 10.0 Å². The van der Waals surface area contributed by atoms with Crippen LogP contribution in [0.25, 0.3) is 0 Å². The fraction of sp³-hybridized carbons (Fsp3) is 0.167. The topological polar surface area (TPSA) is 75.7 Å². The van der Waals surface area contributed by atoms with Gasteiger partial charge in [0, 0.05) is 31.4 Å². The van der Waals surface area contributed by atoms with E-state index in [2.05, 4.69) is 11.9 Å². The van der Waals surface area contributed by atoms with E-state index >= 15 is 0 Å². The van der Waals surface area contributed by atoms with Gasteiger partial charge in [-0.2, -0.15) is 0 Å². The SMILES string of the molecule is C=CCOc1cccc(NC(=O)c2cccc(S(=O)(=O)N(C)C)c2)c1. The van der Waals surface area contributed by atoms with Crippen molar-refractivity contribution in [3.8, 4) is 5.75 Å². The number of nitrogens with zero attached hydrogens (tertiary/aromatic N) is 1. The number of carbonyl (C=O) groups excluding carboxylic acids is 1. The second-order valence-corrected chi connectivity index (χ2v) is 7.55. The number of rotatable bonds is 7. The summed E-state index contributed by atoms with van der Waals surface area (Å²) in [7, 11) is -0.716. The summed E-state index contributed by atoms with van der Waals surface area (Å²) in [6.07, 6.45) is 1.63. The van der Waals surface area contributed by atoms with E-state index in [1.807, 2.05) is 0 Å². The first-order chi connectivity index (χ1) is 11.8. The van der Waals surface area contributed by atoms with Crippen molar-refractivity contribution in [2.75, 3.05) is 26.0 Å². The van der Waals surface area contributed by atoms with E-state index < -0.39 is 15.9 Å². The van der Waals surface area contributed by atoms with Crippen molar-refractivity contribution in [3.05, 3.63) is 66.7 Å². The van der Waals surface area contributed by atoms with Gasteiger partial charge in [-0.15, -0.1) is 0 Å². The molecule has 132 valence electrons. The molecule has 6 nitrogen and oxygen atoms in total. The lowest BCUT2D eigenvalue weighted by Gasteiger charge is -2.12. The Morgan fingerprint density at radius 2 is 1.92 bits per heavy atom. The molecule has 0 aliphatic heterocycles. The zero-order valence-corrected chi connectivity index (χ0v) is 14.9. The minimum Gasteiger partial charge on any atom is -0.489 e. The lowest BCUT2D eigenvalue weighted by atomic mass is 10.2. The zero-order valence-electron chi connectivity index (χ0n) is 14.1. The van der Waals surface area contributed by atoms with Gasteiger partial charge in [-0.25, -0.2) is 12.7 Å². The summed E-state index contributed by atoms with van der Waals surface area (Å²) < 4.78 is 30.9. The molecular weight excluding hydrogens is 340 g/mol. The minimum atomic E-state index is -3.60. The number of hydrogen-bond acceptors (Lipinski definition) is 4. The first-order valence-corrected chi connectivity index (χ1v) is 8.96. The molecule has 0 bridgehead atoms. The van der Waals surface area contributed by atoms with Crippen molar-refractivity contribution in [1.29, 1.82) is 0 Å². The molecule has 25 heavy (non-hydrogen) atoms. The van der Waals surface area contributed by atoms with Crippen LogP contribution in [0.4, 0.5) is 5.69 Å². The molecule has 0 aliphatic carbocycles. The average molecular weight is 360 g/mol. The van der Waals surface area contributed by atoms with Crippen molar-refractivity contribution in [2.24, 2.45) is 0 Å². The lowest BCUT2D eigenvalue weighted by Crippen LogP contribution is -2.22. The molecule has 0 saturated carbocycles. The normalized spacial score (nSPS) is 11.2. The maximum atomic E-state index is 12.4. The third kappa shape index (κ3) is 4.68. The number of hydrogen-bond donors (Lipinski definition) is 1. The van der Waals surface area contributed by atoms with Gasteiger partial charge in [0.15, 0.2) is 0 Å². The summed E-state index contributed by atoms with van der Waals surface area (Å²) in [4.78, 5) is 12.5. The van der Waals surface area contributed by atoms with E-state index in [1.165, 1.54) is 32.3 Å². The highest BCUT2D eigenvalue weighted by atomic mass is 32.2. The number of anilines is 1. The zero-order chi connectivity index (χ0) is 18.4. The third-order valence-electron chi connectivity index (χ3n) is 3.33. The van der Waals surface area contributed by atoms with Gasteiger partial charge < -0.3 is 10.1 Å². The molecule has 1 N–H and O–H groups in total. The Morgan fingerprint density at radius 1 is 1.20 bits per heavy atom. The molecule has 0 heterocycles. The first-order valence-electron chi connectivity index (χ1n) is 7.52. The van der Waals surface area contributed by atoms with Crippen LogP contribution >= 0.6 is 0 Å². The van der Waals surface area contributed by atoms with Crippen molar-refractivity contribution in [2.45, 2.75) is 4.90 Å². The Kier molecular flexibility index (Phi) is 5.95. The molecule has 0 fully saturated rings. The van der Waals surface area contributed by atoms with E-state index in [0.29, 0.717) is 18.0 Å². The molecule has 2 aromatic carbocycles. The second kappa shape index (κ2) is 7.96. The lowest BCUT2D eigenvalue weighted by molar-refractivity contribution is 0.102. The van der Waals surface area contributed by atoms with E-state index in [1.54, 1.807) is 36.4 Å². The van der Waals surface area contributed by atoms with Gasteiger partial charge in [0.05, 0.1) is 4.90 Å². The Labute approximate surface area is 147 Å². The number of ether oxygens (including phenoxy) is 1. The predicted molar refractivity (Wildman–Crippen MR) is 97.4 cm³/mol. The maximum absolute atomic E-state index is 12.4. The van der Waals surface area contributed by atoms with Gasteiger partial charge in [0.2, 0.25) is 10.0 Å². The summed E-state index contributed by atoms with van der Waals surface area (Å²) in [6, 6.07) is 12.8. The highest BCUT2D eigenvalue weighted by molar-refractivity contribution is 7.89. The molecule has 2 aromatic rings. The molecule has 0 radical (unpaired) electrons. The average Bonchev–Trinajstić information content (AvgIpc) is 2.60. The Bertz CT molecular complexity index is 876. The monoisotopic (exact) mass is 360 g/mol. The fourth-order valence-electron chi connectivity index (χ4n) is 2.03. The predicted octanol–water partition coefficient (Wildman–Crippen LogP) is 2.75. The fourth-order valence-corrected chi connectivity index (χ4v) is 2.98. The van der Waals surface area contributed by atoms with Gasteiger partial charge in [-0.1, -0.05) is 24.8 Å². The van der Waals surface area contributed by atoms with E-state index in [4.69, 9.17) is 4.74 Å². The molecule has 0 spiro atoms. The van der Waals surface area contributed by atoms with Crippen LogP contribution < -0.4 is 10.1 Å². The Balaban J connectivity index is 2.20. The summed E-state index contributed by atoms with van der Waals surface area (Å²) in [6.45, 7) is 3.94. The van der Waals surface area contributed by atoms with Crippen LogP contribution in [0.2, 0.25) is 0 Å². The molecular formula is C18H20N2O4S. The van der Waals surface area contributed by atoms with Crippen molar-refractivity contribution in [3.63, 3.8) is 0 Å². The first kappa shape index (κ1) is 18.7. The molecule has 0 aromatic heterocycles. The molecule has 0 aliphatic rings. The van der Waals surface area contributed by atoms with Gasteiger partial charge in [-0.05, 0) is 30.3 Å². The van der Waals surface area contributed by atoms with Crippen LogP contribution in [0.15, 0.2) is 66.1 Å². The summed E-state index contributed by atoms with van der Waals surface area (Å²) in [5.41, 5.74) is 0.799. The van der Waals surface area contributed by atoms with Gasteiger partial charge in [0.1, 0.15) is 12.4 Å². The highest BCUT2D eigenvalue weighted by Gasteiger charge is 2.18. The van der Waals surface area contributed by atoms with Gasteiger partial charge in [0.25, 0.3) is 5.91 Å². The van der Waals surface area contributed by atoms with E-state index in [0.717, 1.165) is 4.31 Å². The van der Waals surface area contributed by atoms with Crippen molar-refractivity contribution >= 4 is 21.6 Å². The number of sulfonamides is 1. The largest absolute Gasteiger partial charge is 0.489 e. The standard InChI is InChI=1S/C18H20N2O4S/c1-4-11-24-16-9-6-8-15(13-16)19-18(21)14-7-5-10-17(12-14)25(22,23)20(2)3/h4-10,12-13H,1,11H2,2-3H3,(H,19,21). The third-order valence-corrected chi connectivity index (χ3v) is 5.15. The summed E-state index contributed by atoms with van der Waals surface area (Å²) >= 11 is 0. The number of nitrogens with one attached hydrogen (secondary N) is 1. The molecule has 2 rings (SSSR count). The second-order valence-electron chi connectivity index (χ2n) is 5.40. The smallest absolute Gasteiger partial charge is 0.255 e. The van der Waals surface area contributed by atoms with Crippen LogP contribution in [0.1, 0.15) is 10.4 Å². The quantitative estimate of drug-likeness (QED) is 0.771. The Hall–Kier alpha value is -2.64. The van der Waals surface area contributed by atoms with Crippen molar-refractivity contribution < 1.29 is 17.9 Å². The van der Waals surface area contributed by atoms with Crippen LogP contribution in [0, 0.1) is 0 Å². The number of amides is 1. The summed E-state index contributed by atoms with van der Waals surface area (Å²) in [5.74, 6) is 0.193. The highest BCUT2D eigenvalue weighted by Crippen LogP contribution is 2.19. The molecule has 1 amide bonds.